The third kappa shape index (κ3) is 5.94. The van der Waals surface area contributed by atoms with Crippen LogP contribution < -0.4 is 10.1 Å². The summed E-state index contributed by atoms with van der Waals surface area (Å²) in [5.74, 6) is 0.208. The maximum Gasteiger partial charge on any atom is 0.416 e. The number of aromatic amines is 1. The van der Waals surface area contributed by atoms with E-state index in [9.17, 15) is 13.2 Å². The van der Waals surface area contributed by atoms with Gasteiger partial charge in [-0.3, -0.25) is 5.10 Å². The van der Waals surface area contributed by atoms with Gasteiger partial charge in [0.1, 0.15) is 11.9 Å². The van der Waals surface area contributed by atoms with Crippen molar-refractivity contribution < 1.29 is 22.6 Å². The van der Waals surface area contributed by atoms with Crippen molar-refractivity contribution in [2.75, 3.05) is 40.4 Å². The van der Waals surface area contributed by atoms with E-state index in [2.05, 4.69) is 20.4 Å². The Hall–Kier alpha value is -2.10. The molecule has 0 amide bonds. The predicted octanol–water partition coefficient (Wildman–Crippen LogP) is 3.30. The zero-order valence-corrected chi connectivity index (χ0v) is 16.7. The standard InChI is InChI=1S/C20H27F3N4O2/c1-24-5-6-27(2)13-15-12-25-26-19(15)14-9-16(20(21,22)23)11-18(10-14)29-17-3-7-28-8-4-17/h9-12,17,24H,3-8,13H2,1-2H3,(H,25,26). The summed E-state index contributed by atoms with van der Waals surface area (Å²) in [4.78, 5) is 2.08. The zero-order chi connectivity index (χ0) is 20.9. The van der Waals surface area contributed by atoms with Gasteiger partial charge in [-0.05, 0) is 32.3 Å². The molecule has 0 atom stereocenters. The van der Waals surface area contributed by atoms with Crippen LogP contribution in [-0.4, -0.2) is 61.6 Å². The largest absolute Gasteiger partial charge is 0.490 e. The Bertz CT molecular complexity index is 788. The smallest absolute Gasteiger partial charge is 0.416 e. The Kier molecular flexibility index (Phi) is 7.15. The number of halogens is 3. The predicted molar refractivity (Wildman–Crippen MR) is 104 cm³/mol. The van der Waals surface area contributed by atoms with Crippen molar-refractivity contribution >= 4 is 0 Å². The van der Waals surface area contributed by atoms with E-state index in [1.807, 2.05) is 14.1 Å². The van der Waals surface area contributed by atoms with E-state index in [-0.39, 0.29) is 11.9 Å². The Morgan fingerprint density at radius 2 is 2.03 bits per heavy atom. The van der Waals surface area contributed by atoms with Crippen LogP contribution in [0.25, 0.3) is 11.3 Å². The molecule has 0 unspecified atom stereocenters. The number of benzene rings is 1. The third-order valence-electron chi connectivity index (χ3n) is 4.88. The minimum Gasteiger partial charge on any atom is -0.490 e. The van der Waals surface area contributed by atoms with E-state index in [0.29, 0.717) is 43.9 Å². The molecular weight excluding hydrogens is 385 g/mol. The molecule has 0 saturated carbocycles. The fourth-order valence-corrected chi connectivity index (χ4v) is 3.31. The lowest BCUT2D eigenvalue weighted by Crippen LogP contribution is -2.27. The Morgan fingerprint density at radius 1 is 1.28 bits per heavy atom. The number of hydrogen-bond acceptors (Lipinski definition) is 5. The van der Waals surface area contributed by atoms with Crippen LogP contribution in [0.15, 0.2) is 24.4 Å². The van der Waals surface area contributed by atoms with E-state index in [1.165, 1.54) is 0 Å². The zero-order valence-electron chi connectivity index (χ0n) is 16.7. The van der Waals surface area contributed by atoms with Gasteiger partial charge in [0, 0.05) is 49.8 Å². The Balaban J connectivity index is 1.88. The molecule has 29 heavy (non-hydrogen) atoms. The fourth-order valence-electron chi connectivity index (χ4n) is 3.31. The molecule has 2 aromatic rings. The van der Waals surface area contributed by atoms with Gasteiger partial charge in [0.2, 0.25) is 0 Å². The molecule has 2 N–H and O–H groups in total. The van der Waals surface area contributed by atoms with E-state index in [0.717, 1.165) is 30.8 Å². The number of ether oxygens (including phenoxy) is 2. The van der Waals surface area contributed by atoms with E-state index >= 15 is 0 Å². The summed E-state index contributed by atoms with van der Waals surface area (Å²) < 4.78 is 51.7. The van der Waals surface area contributed by atoms with Crippen LogP contribution in [0.3, 0.4) is 0 Å². The molecule has 1 fully saturated rings. The molecule has 1 saturated heterocycles. The molecule has 1 aliphatic rings. The number of rotatable bonds is 8. The van der Waals surface area contributed by atoms with E-state index in [4.69, 9.17) is 9.47 Å². The second-order valence-corrected chi connectivity index (χ2v) is 7.27. The fraction of sp³-hybridized carbons (Fsp3) is 0.550. The maximum absolute atomic E-state index is 13.5. The van der Waals surface area contributed by atoms with Crippen LogP contribution in [0, 0.1) is 0 Å². The number of nitrogens with zero attached hydrogens (tertiary/aromatic N) is 2. The van der Waals surface area contributed by atoms with Crippen LogP contribution in [0.2, 0.25) is 0 Å². The quantitative estimate of drug-likeness (QED) is 0.697. The lowest BCUT2D eigenvalue weighted by atomic mass is 10.0. The first kappa shape index (κ1) is 21.6. The van der Waals surface area contributed by atoms with Gasteiger partial charge in [-0.15, -0.1) is 0 Å². The van der Waals surface area contributed by atoms with Crippen molar-refractivity contribution in [1.82, 2.24) is 20.4 Å². The topological polar surface area (TPSA) is 62.4 Å². The highest BCUT2D eigenvalue weighted by molar-refractivity contribution is 5.66. The van der Waals surface area contributed by atoms with Crippen molar-refractivity contribution in [3.05, 3.63) is 35.5 Å². The SMILES string of the molecule is CNCCN(C)Cc1c[nH]nc1-c1cc(OC2CCOCC2)cc(C(F)(F)F)c1. The first-order valence-corrected chi connectivity index (χ1v) is 9.69. The van der Waals surface area contributed by atoms with Gasteiger partial charge in [0.05, 0.1) is 24.5 Å². The van der Waals surface area contributed by atoms with Gasteiger partial charge < -0.3 is 19.7 Å². The molecular formula is C20H27F3N4O2. The number of nitrogens with one attached hydrogen (secondary N) is 2. The van der Waals surface area contributed by atoms with E-state index < -0.39 is 11.7 Å². The van der Waals surface area contributed by atoms with Gasteiger partial charge in [-0.25, -0.2) is 0 Å². The summed E-state index contributed by atoms with van der Waals surface area (Å²) >= 11 is 0. The number of likely N-dealkylation sites (N-methyl/N-ethyl adjacent to an activating group) is 2. The van der Waals surface area contributed by atoms with Crippen LogP contribution in [0.5, 0.6) is 5.75 Å². The molecule has 0 radical (unpaired) electrons. The molecule has 2 heterocycles. The molecule has 6 nitrogen and oxygen atoms in total. The molecule has 160 valence electrons. The first-order valence-electron chi connectivity index (χ1n) is 9.69. The number of alkyl halides is 3. The average molecular weight is 412 g/mol. The van der Waals surface area contributed by atoms with Crippen molar-refractivity contribution in [1.29, 1.82) is 0 Å². The summed E-state index contributed by atoms with van der Waals surface area (Å²) in [5.41, 5.74) is 0.985. The van der Waals surface area contributed by atoms with Gasteiger partial charge in [-0.1, -0.05) is 0 Å². The summed E-state index contributed by atoms with van der Waals surface area (Å²) in [6, 6.07) is 3.83. The van der Waals surface area contributed by atoms with Gasteiger partial charge in [0.25, 0.3) is 0 Å². The third-order valence-corrected chi connectivity index (χ3v) is 4.88. The number of H-pyrrole nitrogens is 1. The van der Waals surface area contributed by atoms with Crippen LogP contribution in [0.4, 0.5) is 13.2 Å². The minimum absolute atomic E-state index is 0.147. The molecule has 0 spiro atoms. The van der Waals surface area contributed by atoms with Crippen molar-refractivity contribution in [3.63, 3.8) is 0 Å². The molecule has 0 aliphatic carbocycles. The van der Waals surface area contributed by atoms with Gasteiger partial charge in [0.15, 0.2) is 0 Å². The Labute approximate surface area is 168 Å². The van der Waals surface area contributed by atoms with Crippen molar-refractivity contribution in [2.45, 2.75) is 31.7 Å². The highest BCUT2D eigenvalue weighted by Crippen LogP contribution is 2.36. The molecule has 0 bridgehead atoms. The maximum atomic E-state index is 13.5. The minimum atomic E-state index is -4.47. The summed E-state index contributed by atoms with van der Waals surface area (Å²) in [6.45, 7) is 3.30. The normalized spacial score (nSPS) is 15.8. The second-order valence-electron chi connectivity index (χ2n) is 7.27. The average Bonchev–Trinajstić information content (AvgIpc) is 3.14. The van der Waals surface area contributed by atoms with Crippen molar-refractivity contribution in [3.8, 4) is 17.0 Å². The lowest BCUT2D eigenvalue weighted by Gasteiger charge is -2.24. The number of hydrogen-bond donors (Lipinski definition) is 2. The van der Waals surface area contributed by atoms with Crippen molar-refractivity contribution in [2.24, 2.45) is 0 Å². The van der Waals surface area contributed by atoms with Crippen LogP contribution in [0.1, 0.15) is 24.0 Å². The molecule has 1 aromatic carbocycles. The van der Waals surface area contributed by atoms with E-state index in [1.54, 1.807) is 12.3 Å². The van der Waals surface area contributed by atoms with Crippen LogP contribution >= 0.6 is 0 Å². The van der Waals surface area contributed by atoms with Gasteiger partial charge >= 0.3 is 6.18 Å². The van der Waals surface area contributed by atoms with Gasteiger partial charge in [-0.2, -0.15) is 18.3 Å². The summed E-state index contributed by atoms with van der Waals surface area (Å²) in [5, 5.41) is 10.1. The molecule has 9 heteroatoms. The monoisotopic (exact) mass is 412 g/mol. The number of aromatic nitrogens is 2. The summed E-state index contributed by atoms with van der Waals surface area (Å²) in [6.07, 6.45) is -1.56. The lowest BCUT2D eigenvalue weighted by molar-refractivity contribution is -0.137. The Morgan fingerprint density at radius 3 is 2.72 bits per heavy atom. The van der Waals surface area contributed by atoms with Crippen LogP contribution in [-0.2, 0) is 17.5 Å². The highest BCUT2D eigenvalue weighted by atomic mass is 19.4. The highest BCUT2D eigenvalue weighted by Gasteiger charge is 2.32. The summed E-state index contributed by atoms with van der Waals surface area (Å²) in [7, 11) is 3.83. The first-order chi connectivity index (χ1) is 13.9. The molecule has 3 rings (SSSR count). The molecule has 1 aliphatic heterocycles. The second kappa shape index (κ2) is 9.60. The molecule has 1 aromatic heterocycles.